The van der Waals surface area contributed by atoms with Gasteiger partial charge < -0.3 is 10.3 Å². The molecule has 17 heavy (non-hydrogen) atoms. The van der Waals surface area contributed by atoms with Crippen LogP contribution in [0.15, 0.2) is 23.1 Å². The van der Waals surface area contributed by atoms with Crippen molar-refractivity contribution in [2.24, 2.45) is 0 Å². The maximum atomic E-state index is 11.8. The number of halogens is 3. The van der Waals surface area contributed by atoms with Crippen molar-refractivity contribution < 1.29 is 18.0 Å². The van der Waals surface area contributed by atoms with Crippen LogP contribution in [0.1, 0.15) is 10.4 Å². The fourth-order valence-corrected chi connectivity index (χ4v) is 1.45. The zero-order valence-corrected chi connectivity index (χ0v) is 9.32. The van der Waals surface area contributed by atoms with Gasteiger partial charge in [-0.15, -0.1) is 0 Å². The summed E-state index contributed by atoms with van der Waals surface area (Å²) < 4.78 is 35.3. The van der Waals surface area contributed by atoms with E-state index in [9.17, 15) is 22.8 Å². The van der Waals surface area contributed by atoms with Crippen molar-refractivity contribution in [1.29, 1.82) is 0 Å². The van der Waals surface area contributed by atoms with Crippen LogP contribution in [0.25, 0.3) is 0 Å². The van der Waals surface area contributed by atoms with Gasteiger partial charge in [-0.1, -0.05) is 0 Å². The smallest absolute Gasteiger partial charge is 0.351 e. The van der Waals surface area contributed by atoms with Crippen molar-refractivity contribution in [3.63, 3.8) is 0 Å². The summed E-state index contributed by atoms with van der Waals surface area (Å²) in [5, 5.41) is 2.29. The number of H-pyrrole nitrogens is 1. The number of pyridine rings is 1. The van der Waals surface area contributed by atoms with Gasteiger partial charge in [0.05, 0.1) is 0 Å². The van der Waals surface area contributed by atoms with E-state index < -0.39 is 17.0 Å². The lowest BCUT2D eigenvalue weighted by Crippen LogP contribution is -2.27. The Kier molecular flexibility index (Phi) is 4.62. The van der Waals surface area contributed by atoms with Crippen molar-refractivity contribution >= 4 is 17.7 Å². The number of rotatable bonds is 4. The van der Waals surface area contributed by atoms with Crippen LogP contribution in [0.4, 0.5) is 13.2 Å². The van der Waals surface area contributed by atoms with Crippen molar-refractivity contribution in [2.75, 3.05) is 12.3 Å². The van der Waals surface area contributed by atoms with Crippen molar-refractivity contribution in [3.8, 4) is 0 Å². The normalized spacial score (nSPS) is 11.2. The van der Waals surface area contributed by atoms with Crippen LogP contribution in [-0.4, -0.2) is 28.7 Å². The third-order valence-electron chi connectivity index (χ3n) is 1.69. The standard InChI is InChI=1S/C9H9F3N2O2S/c10-9(11,12)17-4-3-14-8(16)6-1-2-13-7(15)5-6/h1-2,5H,3-4H2,(H,13,15)(H,14,16). The van der Waals surface area contributed by atoms with E-state index in [0.717, 1.165) is 6.07 Å². The molecule has 1 aromatic rings. The monoisotopic (exact) mass is 266 g/mol. The summed E-state index contributed by atoms with van der Waals surface area (Å²) in [6.45, 7) is -0.115. The van der Waals surface area contributed by atoms with E-state index in [4.69, 9.17) is 0 Å². The summed E-state index contributed by atoms with van der Waals surface area (Å²) in [5.74, 6) is -0.836. The molecule has 0 saturated heterocycles. The quantitative estimate of drug-likeness (QED) is 0.809. The molecule has 0 spiro atoms. The number of thioether (sulfide) groups is 1. The van der Waals surface area contributed by atoms with E-state index in [1.807, 2.05) is 0 Å². The van der Waals surface area contributed by atoms with Gasteiger partial charge in [-0.05, 0) is 17.8 Å². The highest BCUT2D eigenvalue weighted by Crippen LogP contribution is 2.29. The van der Waals surface area contributed by atoms with E-state index in [1.54, 1.807) is 0 Å². The van der Waals surface area contributed by atoms with Gasteiger partial charge in [-0.2, -0.15) is 13.2 Å². The van der Waals surface area contributed by atoms with Gasteiger partial charge in [0.15, 0.2) is 0 Å². The molecule has 1 aromatic heterocycles. The highest BCUT2D eigenvalue weighted by molar-refractivity contribution is 8.00. The highest BCUT2D eigenvalue weighted by atomic mass is 32.2. The van der Waals surface area contributed by atoms with E-state index in [0.29, 0.717) is 0 Å². The van der Waals surface area contributed by atoms with E-state index in [2.05, 4.69) is 10.3 Å². The van der Waals surface area contributed by atoms with Crippen LogP contribution in [0.2, 0.25) is 0 Å². The Bertz CT molecular complexity index is 444. The van der Waals surface area contributed by atoms with Gasteiger partial charge in [-0.25, -0.2) is 0 Å². The first-order chi connectivity index (χ1) is 7.88. The lowest BCUT2D eigenvalue weighted by Gasteiger charge is -2.06. The second kappa shape index (κ2) is 5.76. The summed E-state index contributed by atoms with van der Waals surface area (Å²) in [6, 6.07) is 2.44. The Morgan fingerprint density at radius 2 is 2.18 bits per heavy atom. The number of amides is 1. The zero-order valence-electron chi connectivity index (χ0n) is 8.50. The van der Waals surface area contributed by atoms with Crippen LogP contribution in [0.3, 0.4) is 0 Å². The Balaban J connectivity index is 2.38. The van der Waals surface area contributed by atoms with Crippen LogP contribution in [0.5, 0.6) is 0 Å². The zero-order chi connectivity index (χ0) is 12.9. The third-order valence-corrected chi connectivity index (χ3v) is 2.43. The van der Waals surface area contributed by atoms with Gasteiger partial charge in [0.25, 0.3) is 5.91 Å². The maximum Gasteiger partial charge on any atom is 0.441 e. The molecule has 0 unspecified atom stereocenters. The molecule has 0 aliphatic rings. The average Bonchev–Trinajstić information content (AvgIpc) is 2.23. The summed E-state index contributed by atoms with van der Waals surface area (Å²) in [5.41, 5.74) is -4.62. The fourth-order valence-electron chi connectivity index (χ4n) is 1.02. The molecule has 0 aliphatic carbocycles. The molecule has 1 heterocycles. The molecular weight excluding hydrogens is 257 g/mol. The van der Waals surface area contributed by atoms with Crippen LogP contribution in [0, 0.1) is 0 Å². The number of carbonyl (C=O) groups is 1. The summed E-state index contributed by atoms with van der Waals surface area (Å²) in [6.07, 6.45) is 1.29. The van der Waals surface area contributed by atoms with E-state index in [1.165, 1.54) is 12.3 Å². The predicted octanol–water partition coefficient (Wildman–Crippen LogP) is 1.36. The first-order valence-corrected chi connectivity index (χ1v) is 5.55. The molecule has 2 N–H and O–H groups in total. The first kappa shape index (κ1) is 13.6. The Morgan fingerprint density at radius 1 is 1.47 bits per heavy atom. The molecule has 0 saturated carbocycles. The van der Waals surface area contributed by atoms with E-state index in [-0.39, 0.29) is 29.6 Å². The van der Waals surface area contributed by atoms with Gasteiger partial charge in [-0.3, -0.25) is 9.59 Å². The molecule has 94 valence electrons. The number of alkyl halides is 3. The van der Waals surface area contributed by atoms with Crippen LogP contribution >= 0.6 is 11.8 Å². The SMILES string of the molecule is O=C(NCCSC(F)(F)F)c1cc[nH]c(=O)c1. The average molecular weight is 266 g/mol. The minimum absolute atomic E-state index is 0.115. The van der Waals surface area contributed by atoms with Crippen molar-refractivity contribution in [3.05, 3.63) is 34.2 Å². The molecule has 0 aromatic carbocycles. The fraction of sp³-hybridized carbons (Fsp3) is 0.333. The third kappa shape index (κ3) is 5.43. The number of hydrogen-bond donors (Lipinski definition) is 2. The molecule has 4 nitrogen and oxygen atoms in total. The topological polar surface area (TPSA) is 62.0 Å². The summed E-state index contributed by atoms with van der Waals surface area (Å²) in [7, 11) is 0. The lowest BCUT2D eigenvalue weighted by atomic mass is 10.2. The molecule has 1 rings (SSSR count). The molecule has 0 fully saturated rings. The minimum Gasteiger partial charge on any atom is -0.351 e. The highest BCUT2D eigenvalue weighted by Gasteiger charge is 2.27. The molecule has 0 bridgehead atoms. The lowest BCUT2D eigenvalue weighted by molar-refractivity contribution is -0.0327. The maximum absolute atomic E-state index is 11.8. The number of aromatic amines is 1. The molecule has 0 radical (unpaired) electrons. The minimum atomic E-state index is -4.30. The second-order valence-corrected chi connectivity index (χ2v) is 4.15. The van der Waals surface area contributed by atoms with Gasteiger partial charge in [0.2, 0.25) is 5.56 Å². The number of hydrogen-bond acceptors (Lipinski definition) is 3. The predicted molar refractivity (Wildman–Crippen MR) is 57.9 cm³/mol. The largest absolute Gasteiger partial charge is 0.441 e. The molecule has 0 atom stereocenters. The summed E-state index contributed by atoms with van der Waals surface area (Å²) >= 11 is -0.209. The molecular formula is C9H9F3N2O2S. The Labute approximate surface area is 98.6 Å². The Morgan fingerprint density at radius 3 is 2.76 bits per heavy atom. The van der Waals surface area contributed by atoms with Crippen molar-refractivity contribution in [1.82, 2.24) is 10.3 Å². The van der Waals surface area contributed by atoms with E-state index >= 15 is 0 Å². The number of aromatic nitrogens is 1. The molecule has 1 amide bonds. The van der Waals surface area contributed by atoms with Gasteiger partial charge >= 0.3 is 5.51 Å². The second-order valence-electron chi connectivity index (χ2n) is 2.99. The summed E-state index contributed by atoms with van der Waals surface area (Å²) in [4.78, 5) is 24.6. The van der Waals surface area contributed by atoms with Crippen LogP contribution < -0.4 is 10.9 Å². The van der Waals surface area contributed by atoms with Crippen molar-refractivity contribution in [2.45, 2.75) is 5.51 Å². The Hall–Kier alpha value is -1.44. The first-order valence-electron chi connectivity index (χ1n) is 4.56. The molecule has 8 heteroatoms. The number of carbonyl (C=O) groups excluding carboxylic acids is 1. The molecule has 0 aliphatic heterocycles. The van der Waals surface area contributed by atoms with Gasteiger partial charge in [0, 0.05) is 30.1 Å². The van der Waals surface area contributed by atoms with Gasteiger partial charge in [0.1, 0.15) is 0 Å². The van der Waals surface area contributed by atoms with Crippen LogP contribution in [-0.2, 0) is 0 Å². The number of nitrogens with one attached hydrogen (secondary N) is 2.